The van der Waals surface area contributed by atoms with Gasteiger partial charge >= 0.3 is 6.36 Å². The van der Waals surface area contributed by atoms with Crippen LogP contribution in [0.15, 0.2) is 79.0 Å². The van der Waals surface area contributed by atoms with Crippen molar-refractivity contribution in [2.75, 3.05) is 0 Å². The lowest BCUT2D eigenvalue weighted by molar-refractivity contribution is -0.274. The van der Waals surface area contributed by atoms with Crippen molar-refractivity contribution in [2.24, 2.45) is 0 Å². The molecule has 6 heteroatoms. The number of alkyl halides is 3. The monoisotopic (exact) mass is 438 g/mol. The highest BCUT2D eigenvalue weighted by Crippen LogP contribution is 2.33. The van der Waals surface area contributed by atoms with E-state index in [1.807, 2.05) is 24.4 Å². The molecule has 0 aliphatic rings. The lowest BCUT2D eigenvalue weighted by Crippen LogP contribution is -2.17. The molecular formula is C26H25F3N2O. The van der Waals surface area contributed by atoms with Crippen LogP contribution in [0.2, 0.25) is 0 Å². The molecule has 1 unspecified atom stereocenters. The molecule has 0 saturated carbocycles. The van der Waals surface area contributed by atoms with Crippen LogP contribution in [0.5, 0.6) is 5.75 Å². The molecule has 0 aliphatic carbocycles. The lowest BCUT2D eigenvalue weighted by Gasteiger charge is -2.14. The van der Waals surface area contributed by atoms with E-state index in [-0.39, 0.29) is 11.8 Å². The third kappa shape index (κ3) is 4.97. The predicted octanol–water partition coefficient (Wildman–Crippen LogP) is 7.08. The van der Waals surface area contributed by atoms with Crippen LogP contribution in [0, 0.1) is 0 Å². The predicted molar refractivity (Wildman–Crippen MR) is 121 cm³/mol. The first-order valence-corrected chi connectivity index (χ1v) is 10.6. The molecule has 3 aromatic carbocycles. The first-order chi connectivity index (χ1) is 15.3. The zero-order chi connectivity index (χ0) is 22.7. The molecule has 32 heavy (non-hydrogen) atoms. The molecule has 1 heterocycles. The first kappa shape index (κ1) is 22.0. The summed E-state index contributed by atoms with van der Waals surface area (Å²) >= 11 is 0. The highest BCUT2D eigenvalue weighted by Gasteiger charge is 2.31. The van der Waals surface area contributed by atoms with E-state index >= 15 is 0 Å². The molecule has 1 N–H and O–H groups in total. The summed E-state index contributed by atoms with van der Waals surface area (Å²) in [7, 11) is 0. The third-order valence-electron chi connectivity index (χ3n) is 5.60. The van der Waals surface area contributed by atoms with Gasteiger partial charge in [0.1, 0.15) is 5.75 Å². The van der Waals surface area contributed by atoms with Crippen LogP contribution >= 0.6 is 0 Å². The topological polar surface area (TPSA) is 26.2 Å². The van der Waals surface area contributed by atoms with Crippen molar-refractivity contribution in [1.29, 1.82) is 0 Å². The second kappa shape index (κ2) is 9.09. The Kier molecular flexibility index (Phi) is 6.24. The zero-order valence-corrected chi connectivity index (χ0v) is 18.0. The average Bonchev–Trinajstić information content (AvgIpc) is 3.15. The van der Waals surface area contributed by atoms with Gasteiger partial charge < -0.3 is 14.6 Å². The van der Waals surface area contributed by atoms with Crippen LogP contribution in [0.4, 0.5) is 13.2 Å². The summed E-state index contributed by atoms with van der Waals surface area (Å²) in [4.78, 5) is 0. The van der Waals surface area contributed by atoms with Gasteiger partial charge in [-0.2, -0.15) is 0 Å². The number of rotatable bonds is 7. The summed E-state index contributed by atoms with van der Waals surface area (Å²) in [5.41, 5.74) is 5.30. The molecular weight excluding hydrogens is 413 g/mol. The van der Waals surface area contributed by atoms with Gasteiger partial charge in [0.05, 0.1) is 0 Å². The number of fused-ring (bicyclic) bond motifs is 1. The third-order valence-corrected chi connectivity index (χ3v) is 5.60. The highest BCUT2D eigenvalue weighted by molar-refractivity contribution is 5.96. The summed E-state index contributed by atoms with van der Waals surface area (Å²) in [6, 6.07) is 22.9. The van der Waals surface area contributed by atoms with Crippen LogP contribution in [-0.2, 0) is 13.1 Å². The number of hydrogen-bond acceptors (Lipinski definition) is 2. The Bertz CT molecular complexity index is 1180. The second-order valence-electron chi connectivity index (χ2n) is 7.77. The van der Waals surface area contributed by atoms with Gasteiger partial charge in [-0.3, -0.25) is 0 Å². The molecule has 0 aliphatic heterocycles. The SMILES string of the molecule is CCn1cc(-c2ccc(OC(F)(F)F)cc2)c2cc(CNC(C)c3ccccc3)ccc21. The molecule has 0 saturated heterocycles. The number of halogens is 3. The molecule has 0 fully saturated rings. The highest BCUT2D eigenvalue weighted by atomic mass is 19.4. The fourth-order valence-corrected chi connectivity index (χ4v) is 3.91. The van der Waals surface area contributed by atoms with Gasteiger partial charge in [-0.25, -0.2) is 0 Å². The summed E-state index contributed by atoms with van der Waals surface area (Å²) in [6.45, 7) is 5.72. The molecule has 1 atom stereocenters. The number of benzene rings is 3. The van der Waals surface area contributed by atoms with Crippen LogP contribution in [0.1, 0.15) is 31.0 Å². The molecule has 166 valence electrons. The van der Waals surface area contributed by atoms with E-state index in [1.165, 1.54) is 17.7 Å². The maximum atomic E-state index is 12.5. The molecule has 3 nitrogen and oxygen atoms in total. The van der Waals surface area contributed by atoms with Gasteiger partial charge in [0.15, 0.2) is 0 Å². The maximum Gasteiger partial charge on any atom is 0.573 e. The molecule has 4 aromatic rings. The van der Waals surface area contributed by atoms with Crippen molar-refractivity contribution in [1.82, 2.24) is 9.88 Å². The lowest BCUT2D eigenvalue weighted by atomic mass is 10.0. The van der Waals surface area contributed by atoms with Crippen LogP contribution in [-0.4, -0.2) is 10.9 Å². The minimum Gasteiger partial charge on any atom is -0.406 e. The smallest absolute Gasteiger partial charge is 0.406 e. The van der Waals surface area contributed by atoms with Crippen molar-refractivity contribution >= 4 is 10.9 Å². The van der Waals surface area contributed by atoms with Crippen molar-refractivity contribution in [3.05, 3.63) is 90.1 Å². The number of nitrogens with zero attached hydrogens (tertiary/aromatic N) is 1. The van der Waals surface area contributed by atoms with E-state index in [9.17, 15) is 13.2 Å². The van der Waals surface area contributed by atoms with Gasteiger partial charge in [-0.1, -0.05) is 48.5 Å². The molecule has 4 rings (SSSR count). The van der Waals surface area contributed by atoms with Gasteiger partial charge in [-0.05, 0) is 54.8 Å². The number of aryl methyl sites for hydroxylation is 1. The zero-order valence-electron chi connectivity index (χ0n) is 18.0. The first-order valence-electron chi connectivity index (χ1n) is 10.6. The number of ether oxygens (including phenoxy) is 1. The summed E-state index contributed by atoms with van der Waals surface area (Å²) < 4.78 is 43.6. The van der Waals surface area contributed by atoms with E-state index in [0.29, 0.717) is 6.54 Å². The van der Waals surface area contributed by atoms with Gasteiger partial charge in [0.25, 0.3) is 0 Å². The van der Waals surface area contributed by atoms with Crippen LogP contribution < -0.4 is 10.1 Å². The van der Waals surface area contributed by atoms with Crippen molar-refractivity contribution in [2.45, 2.75) is 39.3 Å². The fourth-order valence-electron chi connectivity index (χ4n) is 3.91. The van der Waals surface area contributed by atoms with E-state index in [0.717, 1.165) is 34.1 Å². The number of aromatic nitrogens is 1. The molecule has 0 radical (unpaired) electrons. The van der Waals surface area contributed by atoms with Crippen LogP contribution in [0.25, 0.3) is 22.0 Å². The van der Waals surface area contributed by atoms with Crippen molar-refractivity contribution in [3.63, 3.8) is 0 Å². The number of nitrogens with one attached hydrogen (secondary N) is 1. The second-order valence-corrected chi connectivity index (χ2v) is 7.77. The molecule has 0 amide bonds. The van der Waals surface area contributed by atoms with Gasteiger partial charge in [-0.15, -0.1) is 13.2 Å². The Balaban J connectivity index is 1.60. The van der Waals surface area contributed by atoms with Crippen LogP contribution in [0.3, 0.4) is 0 Å². The summed E-state index contributed by atoms with van der Waals surface area (Å²) in [6.07, 6.45) is -2.65. The molecule has 0 spiro atoms. The van der Waals surface area contributed by atoms with Gasteiger partial charge in [0.2, 0.25) is 0 Å². The van der Waals surface area contributed by atoms with E-state index in [1.54, 1.807) is 12.1 Å². The maximum absolute atomic E-state index is 12.5. The van der Waals surface area contributed by atoms with Crippen molar-refractivity contribution in [3.8, 4) is 16.9 Å². The fraction of sp³-hybridized carbons (Fsp3) is 0.231. The Morgan fingerprint density at radius 1 is 0.969 bits per heavy atom. The quantitative estimate of drug-likeness (QED) is 0.334. The van der Waals surface area contributed by atoms with E-state index < -0.39 is 6.36 Å². The summed E-state index contributed by atoms with van der Waals surface area (Å²) in [5, 5.41) is 4.63. The van der Waals surface area contributed by atoms with Gasteiger partial charge in [0, 0.05) is 41.8 Å². The Labute approximate surface area is 185 Å². The minimum absolute atomic E-state index is 0.216. The Morgan fingerprint density at radius 3 is 2.34 bits per heavy atom. The molecule has 1 aromatic heterocycles. The average molecular weight is 438 g/mol. The Morgan fingerprint density at radius 2 is 1.69 bits per heavy atom. The molecule has 0 bridgehead atoms. The van der Waals surface area contributed by atoms with E-state index in [2.05, 4.69) is 58.8 Å². The van der Waals surface area contributed by atoms with E-state index in [4.69, 9.17) is 0 Å². The normalized spacial score (nSPS) is 12.8. The minimum atomic E-state index is -4.70. The largest absolute Gasteiger partial charge is 0.573 e. The summed E-state index contributed by atoms with van der Waals surface area (Å²) in [5.74, 6) is -0.222. The van der Waals surface area contributed by atoms with Crippen molar-refractivity contribution < 1.29 is 17.9 Å². The standard InChI is InChI=1S/C26H25F3N2O/c1-3-31-17-24(21-10-12-22(13-11-21)32-26(27,28)29)23-15-19(9-14-25(23)31)16-30-18(2)20-7-5-4-6-8-20/h4-15,17-18,30H,3,16H2,1-2H3. The Hall–Kier alpha value is -3.25. The number of hydrogen-bond donors (Lipinski definition) is 1.